The van der Waals surface area contributed by atoms with Gasteiger partial charge in [0.05, 0.1) is 5.01 Å². The van der Waals surface area contributed by atoms with Crippen molar-refractivity contribution in [3.05, 3.63) is 16.1 Å². The van der Waals surface area contributed by atoms with Crippen molar-refractivity contribution < 1.29 is 4.79 Å². The highest BCUT2D eigenvalue weighted by Crippen LogP contribution is 2.27. The number of hydrogen-bond donors (Lipinski definition) is 0. The molecule has 0 spiro atoms. The minimum Gasteiger partial charge on any atom is -0.296 e. The second-order valence-corrected chi connectivity index (χ2v) is 5.31. The Kier molecular flexibility index (Phi) is 3.01. The van der Waals surface area contributed by atoms with Crippen LogP contribution in [0, 0.1) is 5.92 Å². The minimum absolute atomic E-state index is 0.589. The third-order valence-electron chi connectivity index (χ3n) is 2.18. The van der Waals surface area contributed by atoms with Crippen LogP contribution < -0.4 is 0 Å². The van der Waals surface area contributed by atoms with Gasteiger partial charge in [0.2, 0.25) is 0 Å². The molecule has 1 saturated heterocycles. The van der Waals surface area contributed by atoms with Crippen LogP contribution in [0.25, 0.3) is 0 Å². The van der Waals surface area contributed by atoms with E-state index < -0.39 is 0 Å². The van der Waals surface area contributed by atoms with Crippen molar-refractivity contribution in [2.75, 3.05) is 11.5 Å². The molecule has 1 aromatic rings. The molecule has 1 aromatic heterocycles. The summed E-state index contributed by atoms with van der Waals surface area (Å²) in [4.78, 5) is 14.6. The molecular formula is C9H11NOS2. The summed E-state index contributed by atoms with van der Waals surface area (Å²) in [5.74, 6) is 3.34. The fourth-order valence-electron chi connectivity index (χ4n) is 1.46. The highest BCUT2D eigenvalue weighted by Gasteiger charge is 2.17. The van der Waals surface area contributed by atoms with Gasteiger partial charge in [0.25, 0.3) is 0 Å². The molecule has 1 atom stereocenters. The van der Waals surface area contributed by atoms with Crippen LogP contribution >= 0.6 is 23.1 Å². The van der Waals surface area contributed by atoms with Crippen molar-refractivity contribution >= 4 is 29.4 Å². The molecule has 0 bridgehead atoms. The number of hydrogen-bond acceptors (Lipinski definition) is 4. The Balaban J connectivity index is 1.96. The molecular weight excluding hydrogens is 202 g/mol. The lowest BCUT2D eigenvalue weighted by atomic mass is 10.1. The zero-order chi connectivity index (χ0) is 9.10. The number of carbonyl (C=O) groups is 1. The molecule has 2 rings (SSSR count). The molecule has 0 aliphatic carbocycles. The second kappa shape index (κ2) is 4.24. The summed E-state index contributed by atoms with van der Waals surface area (Å²) in [7, 11) is 0. The van der Waals surface area contributed by atoms with E-state index in [-0.39, 0.29) is 0 Å². The molecule has 2 heterocycles. The van der Waals surface area contributed by atoms with Gasteiger partial charge < -0.3 is 0 Å². The highest BCUT2D eigenvalue weighted by molar-refractivity contribution is 7.99. The lowest BCUT2D eigenvalue weighted by Gasteiger charge is -2.03. The van der Waals surface area contributed by atoms with Gasteiger partial charge in [-0.15, -0.1) is 11.3 Å². The van der Waals surface area contributed by atoms with Crippen LogP contribution in [0.3, 0.4) is 0 Å². The van der Waals surface area contributed by atoms with Crippen LogP contribution in [0.4, 0.5) is 0 Å². The smallest absolute Gasteiger partial charge is 0.169 e. The number of aromatic nitrogens is 1. The fourth-order valence-corrected chi connectivity index (χ4v) is 3.60. The van der Waals surface area contributed by atoms with E-state index >= 15 is 0 Å². The van der Waals surface area contributed by atoms with Gasteiger partial charge in [0.15, 0.2) is 6.29 Å². The average Bonchev–Trinajstić information content (AvgIpc) is 2.76. The zero-order valence-electron chi connectivity index (χ0n) is 7.23. The number of carbonyl (C=O) groups excluding carboxylic acids is 1. The normalized spacial score (nSPS) is 22.0. The number of thiazole rings is 1. The van der Waals surface area contributed by atoms with Crippen LogP contribution in [-0.4, -0.2) is 22.8 Å². The summed E-state index contributed by atoms with van der Waals surface area (Å²) in [5.41, 5.74) is 0.589. The van der Waals surface area contributed by atoms with Gasteiger partial charge in [-0.25, -0.2) is 4.98 Å². The molecule has 0 N–H and O–H groups in total. The zero-order valence-corrected chi connectivity index (χ0v) is 8.87. The minimum atomic E-state index is 0.589. The van der Waals surface area contributed by atoms with Crippen molar-refractivity contribution in [3.63, 3.8) is 0 Å². The van der Waals surface area contributed by atoms with Crippen molar-refractivity contribution in [1.29, 1.82) is 0 Å². The Bertz CT molecular complexity index is 292. The maximum Gasteiger partial charge on any atom is 0.169 e. The molecule has 13 heavy (non-hydrogen) atoms. The van der Waals surface area contributed by atoms with Crippen LogP contribution in [0.2, 0.25) is 0 Å². The van der Waals surface area contributed by atoms with E-state index in [1.807, 2.05) is 17.1 Å². The predicted octanol–water partition coefficient (Wildman–Crippen LogP) is 2.25. The average molecular weight is 213 g/mol. The summed E-state index contributed by atoms with van der Waals surface area (Å²) in [6.45, 7) is 0. The predicted molar refractivity (Wildman–Crippen MR) is 56.6 cm³/mol. The van der Waals surface area contributed by atoms with E-state index in [1.54, 1.807) is 11.3 Å². The molecule has 0 radical (unpaired) electrons. The quantitative estimate of drug-likeness (QED) is 0.721. The number of thioether (sulfide) groups is 1. The molecule has 4 heteroatoms. The van der Waals surface area contributed by atoms with E-state index in [0.29, 0.717) is 5.69 Å². The molecule has 1 fully saturated rings. The first-order valence-electron chi connectivity index (χ1n) is 4.36. The van der Waals surface area contributed by atoms with Gasteiger partial charge >= 0.3 is 0 Å². The summed E-state index contributed by atoms with van der Waals surface area (Å²) in [6.07, 6.45) is 3.19. The van der Waals surface area contributed by atoms with E-state index in [9.17, 15) is 4.79 Å². The van der Waals surface area contributed by atoms with Gasteiger partial charge in [-0.05, 0) is 23.8 Å². The third kappa shape index (κ3) is 2.31. The monoisotopic (exact) mass is 213 g/mol. The SMILES string of the molecule is O=Cc1csc(CC2CCSC2)n1. The van der Waals surface area contributed by atoms with Gasteiger partial charge in [-0.3, -0.25) is 4.79 Å². The van der Waals surface area contributed by atoms with Crippen LogP contribution in [0.5, 0.6) is 0 Å². The van der Waals surface area contributed by atoms with E-state index in [1.165, 1.54) is 17.9 Å². The Labute approximate surface area is 85.8 Å². The summed E-state index contributed by atoms with van der Waals surface area (Å²) < 4.78 is 0. The number of nitrogens with zero attached hydrogens (tertiary/aromatic N) is 1. The molecule has 1 unspecified atom stereocenters. The van der Waals surface area contributed by atoms with Crippen molar-refractivity contribution in [1.82, 2.24) is 4.98 Å². The molecule has 1 aliphatic heterocycles. The van der Waals surface area contributed by atoms with Crippen LogP contribution in [-0.2, 0) is 6.42 Å². The Hall–Kier alpha value is -0.350. The fraction of sp³-hybridized carbons (Fsp3) is 0.556. The van der Waals surface area contributed by atoms with Crippen LogP contribution in [0.15, 0.2) is 5.38 Å². The van der Waals surface area contributed by atoms with E-state index in [4.69, 9.17) is 0 Å². The largest absolute Gasteiger partial charge is 0.296 e. The Morgan fingerprint density at radius 2 is 2.62 bits per heavy atom. The van der Waals surface area contributed by atoms with Gasteiger partial charge in [0, 0.05) is 11.8 Å². The number of rotatable bonds is 3. The lowest BCUT2D eigenvalue weighted by Crippen LogP contribution is -2.02. The maximum absolute atomic E-state index is 10.4. The highest BCUT2D eigenvalue weighted by atomic mass is 32.2. The Morgan fingerprint density at radius 1 is 1.69 bits per heavy atom. The molecule has 70 valence electrons. The van der Waals surface area contributed by atoms with Gasteiger partial charge in [0.1, 0.15) is 5.69 Å². The lowest BCUT2D eigenvalue weighted by molar-refractivity contribution is 0.111. The van der Waals surface area contributed by atoms with Crippen molar-refractivity contribution in [2.24, 2.45) is 5.92 Å². The Morgan fingerprint density at radius 3 is 3.23 bits per heavy atom. The molecule has 2 nitrogen and oxygen atoms in total. The molecule has 0 amide bonds. The summed E-state index contributed by atoms with van der Waals surface area (Å²) in [6, 6.07) is 0. The first-order valence-corrected chi connectivity index (χ1v) is 6.39. The second-order valence-electron chi connectivity index (χ2n) is 3.22. The van der Waals surface area contributed by atoms with E-state index in [0.717, 1.165) is 23.6 Å². The molecule has 0 saturated carbocycles. The first-order chi connectivity index (χ1) is 6.38. The molecule has 1 aliphatic rings. The maximum atomic E-state index is 10.4. The topological polar surface area (TPSA) is 30.0 Å². The first kappa shape index (κ1) is 9.21. The van der Waals surface area contributed by atoms with Gasteiger partial charge in [-0.1, -0.05) is 0 Å². The summed E-state index contributed by atoms with van der Waals surface area (Å²) in [5, 5.41) is 2.96. The van der Waals surface area contributed by atoms with Crippen molar-refractivity contribution in [3.8, 4) is 0 Å². The summed E-state index contributed by atoms with van der Waals surface area (Å²) >= 11 is 3.63. The molecule has 0 aromatic carbocycles. The standard InChI is InChI=1S/C9H11NOS2/c11-4-8-6-13-9(10-8)3-7-1-2-12-5-7/h4,6-7H,1-3,5H2. The van der Waals surface area contributed by atoms with Gasteiger partial charge in [-0.2, -0.15) is 11.8 Å². The van der Waals surface area contributed by atoms with Crippen molar-refractivity contribution in [2.45, 2.75) is 12.8 Å². The third-order valence-corrected chi connectivity index (χ3v) is 4.30. The number of aldehydes is 1. The van der Waals surface area contributed by atoms with Crippen LogP contribution in [0.1, 0.15) is 21.9 Å². The van der Waals surface area contributed by atoms with E-state index in [2.05, 4.69) is 4.98 Å².